The van der Waals surface area contributed by atoms with Gasteiger partial charge >= 0.3 is 0 Å². The van der Waals surface area contributed by atoms with E-state index < -0.39 is 11.2 Å². The van der Waals surface area contributed by atoms with Gasteiger partial charge in [-0.25, -0.2) is 0 Å². The Bertz CT molecular complexity index is 1110. The number of para-hydroxylation sites is 1. The molecule has 0 aliphatic carbocycles. The van der Waals surface area contributed by atoms with E-state index >= 15 is 0 Å². The molecular weight excluding hydrogens is 469 g/mol. The first-order valence-electron chi connectivity index (χ1n) is 10.0. The Labute approximate surface area is 200 Å². The molecule has 2 amide bonds. The van der Waals surface area contributed by atoms with Crippen LogP contribution in [0.15, 0.2) is 59.1 Å². The third-order valence-electron chi connectivity index (χ3n) is 5.24. The fraction of sp³-hybridized carbons (Fsp3) is 0.261. The highest BCUT2D eigenvalue weighted by Gasteiger charge is 2.41. The minimum absolute atomic E-state index is 0.0474. The topological polar surface area (TPSA) is 73.6 Å². The summed E-state index contributed by atoms with van der Waals surface area (Å²) in [6.45, 7) is 1.65. The first-order valence-corrected chi connectivity index (χ1v) is 11.6. The van der Waals surface area contributed by atoms with E-state index in [2.05, 4.69) is 6.07 Å². The molecule has 32 heavy (non-hydrogen) atoms. The van der Waals surface area contributed by atoms with Crippen LogP contribution in [0.4, 0.5) is 5.69 Å². The summed E-state index contributed by atoms with van der Waals surface area (Å²) >= 11 is 13.7. The number of nitriles is 1. The van der Waals surface area contributed by atoms with E-state index in [9.17, 15) is 14.9 Å². The second-order valence-corrected chi connectivity index (χ2v) is 9.21. The molecule has 0 spiro atoms. The van der Waals surface area contributed by atoms with E-state index in [0.717, 1.165) is 5.56 Å². The third kappa shape index (κ3) is 4.50. The molecule has 0 N–H and O–H groups in total. The van der Waals surface area contributed by atoms with Crippen LogP contribution in [0, 0.1) is 11.3 Å². The van der Waals surface area contributed by atoms with Crippen LogP contribution in [0.25, 0.3) is 0 Å². The van der Waals surface area contributed by atoms with Crippen LogP contribution in [-0.2, 0) is 20.7 Å². The van der Waals surface area contributed by atoms with Crippen molar-refractivity contribution in [3.63, 3.8) is 0 Å². The molecule has 2 fully saturated rings. The Morgan fingerprint density at radius 3 is 2.53 bits per heavy atom. The standard InChI is InChI=1S/C23H19Cl2N3O3S/c24-18-8-4-5-15(20(18)25)13-19-22(30)28(16-6-2-1-3-7-16)23(32-19)17(14-26)21(29)27-9-11-31-12-10-27/h1-8,19H,9-13H2/b23-17-/t19-/m0/s1. The fourth-order valence-electron chi connectivity index (χ4n) is 3.62. The van der Waals surface area contributed by atoms with E-state index in [0.29, 0.717) is 53.5 Å². The van der Waals surface area contributed by atoms with Gasteiger partial charge in [-0.2, -0.15) is 5.26 Å². The number of rotatable bonds is 4. The molecule has 9 heteroatoms. The summed E-state index contributed by atoms with van der Waals surface area (Å²) in [4.78, 5) is 29.7. The quantitative estimate of drug-likeness (QED) is 0.475. The summed E-state index contributed by atoms with van der Waals surface area (Å²) in [7, 11) is 0. The summed E-state index contributed by atoms with van der Waals surface area (Å²) in [6, 6.07) is 16.4. The van der Waals surface area contributed by atoms with Crippen LogP contribution in [0.1, 0.15) is 5.56 Å². The van der Waals surface area contributed by atoms with E-state index in [1.807, 2.05) is 24.3 Å². The smallest absolute Gasteiger partial charge is 0.267 e. The van der Waals surface area contributed by atoms with Crippen molar-refractivity contribution in [2.45, 2.75) is 11.7 Å². The molecule has 0 unspecified atom stereocenters. The predicted molar refractivity (Wildman–Crippen MR) is 126 cm³/mol. The largest absolute Gasteiger partial charge is 0.378 e. The van der Waals surface area contributed by atoms with Crippen LogP contribution >= 0.6 is 35.0 Å². The van der Waals surface area contributed by atoms with Crippen molar-refractivity contribution in [2.24, 2.45) is 0 Å². The molecule has 2 heterocycles. The molecular formula is C23H19Cl2N3O3S. The summed E-state index contributed by atoms with van der Waals surface area (Å²) in [6.07, 6.45) is 0.320. The van der Waals surface area contributed by atoms with E-state index in [-0.39, 0.29) is 11.5 Å². The number of anilines is 1. The zero-order valence-corrected chi connectivity index (χ0v) is 19.3. The van der Waals surface area contributed by atoms with Crippen molar-refractivity contribution in [1.82, 2.24) is 4.90 Å². The van der Waals surface area contributed by atoms with Gasteiger partial charge in [0.2, 0.25) is 5.91 Å². The second kappa shape index (κ2) is 9.97. The van der Waals surface area contributed by atoms with Gasteiger partial charge in [0, 0.05) is 18.8 Å². The van der Waals surface area contributed by atoms with Gasteiger partial charge in [-0.1, -0.05) is 65.3 Å². The Balaban J connectivity index is 1.74. The van der Waals surface area contributed by atoms with Crippen molar-refractivity contribution >= 4 is 52.5 Å². The average molecular weight is 488 g/mol. The normalized spacial score (nSPS) is 20.3. The minimum atomic E-state index is -0.554. The molecule has 2 saturated heterocycles. The first-order chi connectivity index (χ1) is 15.5. The Kier molecular flexibility index (Phi) is 7.07. The maximum absolute atomic E-state index is 13.5. The van der Waals surface area contributed by atoms with Gasteiger partial charge in [-0.3, -0.25) is 14.5 Å². The molecule has 6 nitrogen and oxygen atoms in total. The van der Waals surface area contributed by atoms with Gasteiger partial charge in [-0.15, -0.1) is 0 Å². The summed E-state index contributed by atoms with van der Waals surface area (Å²) in [5.41, 5.74) is 1.29. The molecule has 2 aliphatic rings. The molecule has 4 rings (SSSR count). The number of benzene rings is 2. The van der Waals surface area contributed by atoms with Crippen molar-refractivity contribution in [1.29, 1.82) is 5.26 Å². The molecule has 0 saturated carbocycles. The van der Waals surface area contributed by atoms with Gasteiger partial charge in [0.15, 0.2) is 0 Å². The maximum atomic E-state index is 13.5. The molecule has 2 aliphatic heterocycles. The molecule has 2 aromatic carbocycles. The van der Waals surface area contributed by atoms with Crippen molar-refractivity contribution in [3.05, 3.63) is 74.7 Å². The highest BCUT2D eigenvalue weighted by molar-refractivity contribution is 8.05. The van der Waals surface area contributed by atoms with E-state index in [4.69, 9.17) is 27.9 Å². The number of nitrogens with zero attached hydrogens (tertiary/aromatic N) is 3. The van der Waals surface area contributed by atoms with Gasteiger partial charge in [0.05, 0.1) is 28.5 Å². The van der Waals surface area contributed by atoms with Gasteiger partial charge in [0.25, 0.3) is 5.91 Å². The molecule has 2 aromatic rings. The van der Waals surface area contributed by atoms with Gasteiger partial charge < -0.3 is 9.64 Å². The van der Waals surface area contributed by atoms with Crippen LogP contribution in [0.2, 0.25) is 10.0 Å². The summed E-state index contributed by atoms with van der Waals surface area (Å²) < 4.78 is 5.31. The monoisotopic (exact) mass is 487 g/mol. The van der Waals surface area contributed by atoms with Crippen LogP contribution < -0.4 is 4.90 Å². The van der Waals surface area contributed by atoms with Crippen molar-refractivity contribution in [3.8, 4) is 6.07 Å². The number of ether oxygens (including phenoxy) is 1. The zero-order valence-electron chi connectivity index (χ0n) is 17.0. The Hall–Kier alpha value is -2.50. The lowest BCUT2D eigenvalue weighted by molar-refractivity contribution is -0.130. The maximum Gasteiger partial charge on any atom is 0.267 e. The van der Waals surface area contributed by atoms with Gasteiger partial charge in [0.1, 0.15) is 16.7 Å². The van der Waals surface area contributed by atoms with Crippen LogP contribution in [0.5, 0.6) is 0 Å². The number of carbonyl (C=O) groups excluding carboxylic acids is 2. The van der Waals surface area contributed by atoms with Gasteiger partial charge in [-0.05, 0) is 30.2 Å². The lowest BCUT2D eigenvalue weighted by Gasteiger charge is -2.27. The number of carbonyl (C=O) groups is 2. The van der Waals surface area contributed by atoms with Crippen LogP contribution in [-0.4, -0.2) is 48.3 Å². The molecule has 164 valence electrons. The van der Waals surface area contributed by atoms with E-state index in [1.54, 1.807) is 29.2 Å². The highest BCUT2D eigenvalue weighted by Crippen LogP contribution is 2.43. The summed E-state index contributed by atoms with van der Waals surface area (Å²) in [5.74, 6) is -0.608. The highest BCUT2D eigenvalue weighted by atomic mass is 35.5. The summed E-state index contributed by atoms with van der Waals surface area (Å²) in [5, 5.41) is 10.5. The van der Waals surface area contributed by atoms with Crippen molar-refractivity contribution in [2.75, 3.05) is 31.2 Å². The van der Waals surface area contributed by atoms with Crippen LogP contribution in [0.3, 0.4) is 0 Å². The molecule has 0 radical (unpaired) electrons. The third-order valence-corrected chi connectivity index (χ3v) is 7.36. The lowest BCUT2D eigenvalue weighted by atomic mass is 10.1. The minimum Gasteiger partial charge on any atom is -0.378 e. The Morgan fingerprint density at radius 1 is 1.12 bits per heavy atom. The SMILES string of the molecule is N#C/C(C(=O)N1CCOCC1)=C1/S[C@@H](Cc2cccc(Cl)c2Cl)C(=O)N1c1ccccc1. The number of morpholine rings is 1. The molecule has 1 atom stereocenters. The number of thioether (sulfide) groups is 1. The number of halogens is 2. The fourth-order valence-corrected chi connectivity index (χ4v) is 5.31. The number of amides is 2. The second-order valence-electron chi connectivity index (χ2n) is 7.23. The lowest BCUT2D eigenvalue weighted by Crippen LogP contribution is -2.42. The number of hydrogen-bond donors (Lipinski definition) is 0. The Morgan fingerprint density at radius 2 is 1.84 bits per heavy atom. The average Bonchev–Trinajstić information content (AvgIpc) is 3.14. The zero-order chi connectivity index (χ0) is 22.7. The first kappa shape index (κ1) is 22.7. The molecule has 0 bridgehead atoms. The van der Waals surface area contributed by atoms with Crippen molar-refractivity contribution < 1.29 is 14.3 Å². The number of hydrogen-bond acceptors (Lipinski definition) is 5. The van der Waals surface area contributed by atoms with E-state index in [1.165, 1.54) is 16.7 Å². The predicted octanol–water partition coefficient (Wildman–Crippen LogP) is 4.28. The molecule has 0 aromatic heterocycles.